The highest BCUT2D eigenvalue weighted by molar-refractivity contribution is 5.94. The number of nitrogens with zero attached hydrogens (tertiary/aromatic N) is 4. The largest absolute Gasteiger partial charge is 0.470 e. The van der Waals surface area contributed by atoms with Crippen molar-refractivity contribution in [1.82, 2.24) is 19.9 Å². The molecule has 1 amide bonds. The molecule has 1 aliphatic heterocycles. The van der Waals surface area contributed by atoms with Crippen molar-refractivity contribution in [2.45, 2.75) is 33.3 Å². The maximum Gasteiger partial charge on any atom is 0.260 e. The minimum Gasteiger partial charge on any atom is -0.470 e. The number of aryl methyl sites for hydroxylation is 1. The standard InChI is InChI=1S/C19H25N5O3/c1-4-23(5-2)16-18(21-10-9-20-16)27-14-8-11-24(12-14)19(26)15-7-6-13(3)22-17(15)25/h6-7,9-10,14H,4-5,8,11-12H2,1-3H3,(H,22,25). The van der Waals surface area contributed by atoms with Gasteiger partial charge in [-0.25, -0.2) is 9.97 Å². The molecule has 1 unspecified atom stereocenters. The third kappa shape index (κ3) is 4.10. The molecule has 0 aliphatic carbocycles. The Bertz CT molecular complexity index is 862. The molecule has 1 atom stereocenters. The predicted molar refractivity (Wildman–Crippen MR) is 102 cm³/mol. The summed E-state index contributed by atoms with van der Waals surface area (Å²) in [5, 5.41) is 0. The molecule has 0 saturated carbocycles. The van der Waals surface area contributed by atoms with Gasteiger partial charge in [-0.3, -0.25) is 9.59 Å². The number of H-pyrrole nitrogens is 1. The van der Waals surface area contributed by atoms with Crippen molar-refractivity contribution in [3.63, 3.8) is 0 Å². The number of rotatable bonds is 6. The van der Waals surface area contributed by atoms with Gasteiger partial charge in [0.05, 0.1) is 6.54 Å². The number of aromatic nitrogens is 3. The third-order valence-corrected chi connectivity index (χ3v) is 4.71. The molecular formula is C19H25N5O3. The van der Waals surface area contributed by atoms with Gasteiger partial charge in [0.25, 0.3) is 17.3 Å². The summed E-state index contributed by atoms with van der Waals surface area (Å²) < 4.78 is 6.06. The minimum absolute atomic E-state index is 0.157. The van der Waals surface area contributed by atoms with E-state index in [2.05, 4.69) is 33.7 Å². The Morgan fingerprint density at radius 3 is 2.74 bits per heavy atom. The van der Waals surface area contributed by atoms with E-state index >= 15 is 0 Å². The van der Waals surface area contributed by atoms with Gasteiger partial charge in [-0.1, -0.05) is 0 Å². The van der Waals surface area contributed by atoms with Crippen molar-refractivity contribution in [3.8, 4) is 5.88 Å². The van der Waals surface area contributed by atoms with Crippen LogP contribution in [-0.2, 0) is 0 Å². The van der Waals surface area contributed by atoms with Gasteiger partial charge < -0.3 is 19.5 Å². The zero-order valence-corrected chi connectivity index (χ0v) is 15.9. The Balaban J connectivity index is 1.70. The van der Waals surface area contributed by atoms with E-state index in [1.807, 2.05) is 0 Å². The first-order valence-electron chi connectivity index (χ1n) is 9.25. The van der Waals surface area contributed by atoms with Crippen molar-refractivity contribution >= 4 is 11.7 Å². The Morgan fingerprint density at radius 1 is 1.30 bits per heavy atom. The lowest BCUT2D eigenvalue weighted by Crippen LogP contribution is -2.34. The van der Waals surface area contributed by atoms with Crippen molar-refractivity contribution < 1.29 is 9.53 Å². The number of hydrogen-bond donors (Lipinski definition) is 1. The zero-order valence-electron chi connectivity index (χ0n) is 15.9. The van der Waals surface area contributed by atoms with Crippen LogP contribution < -0.4 is 15.2 Å². The van der Waals surface area contributed by atoms with E-state index in [0.717, 1.165) is 18.8 Å². The first kappa shape index (κ1) is 18.9. The zero-order chi connectivity index (χ0) is 19.4. The highest BCUT2D eigenvalue weighted by Gasteiger charge is 2.30. The molecule has 1 saturated heterocycles. The minimum atomic E-state index is -0.359. The van der Waals surface area contributed by atoms with Crippen LogP contribution in [-0.4, -0.2) is 58.0 Å². The van der Waals surface area contributed by atoms with Crippen LogP contribution in [0.3, 0.4) is 0 Å². The molecule has 8 heteroatoms. The summed E-state index contributed by atoms with van der Waals surface area (Å²) in [7, 11) is 0. The van der Waals surface area contributed by atoms with Gasteiger partial charge >= 0.3 is 0 Å². The second-order valence-electron chi connectivity index (χ2n) is 6.52. The maximum absolute atomic E-state index is 12.7. The number of nitrogens with one attached hydrogen (secondary N) is 1. The molecule has 0 bridgehead atoms. The summed E-state index contributed by atoms with van der Waals surface area (Å²) in [5.41, 5.74) is 0.525. The van der Waals surface area contributed by atoms with Crippen LogP contribution in [0.25, 0.3) is 0 Å². The number of anilines is 1. The molecule has 3 rings (SSSR count). The summed E-state index contributed by atoms with van der Waals surface area (Å²) in [5.74, 6) is 0.918. The second kappa shape index (κ2) is 8.20. The number of likely N-dealkylation sites (tertiary alicyclic amines) is 1. The fraction of sp³-hybridized carbons (Fsp3) is 0.474. The maximum atomic E-state index is 12.7. The summed E-state index contributed by atoms with van der Waals surface area (Å²) in [4.78, 5) is 39.8. The lowest BCUT2D eigenvalue weighted by atomic mass is 10.2. The summed E-state index contributed by atoms with van der Waals surface area (Å²) in [6, 6.07) is 3.31. The summed E-state index contributed by atoms with van der Waals surface area (Å²) in [6.07, 6.45) is 3.76. The van der Waals surface area contributed by atoms with Crippen LogP contribution in [0.1, 0.15) is 36.3 Å². The number of ether oxygens (including phenoxy) is 1. The lowest BCUT2D eigenvalue weighted by Gasteiger charge is -2.23. The van der Waals surface area contributed by atoms with E-state index < -0.39 is 0 Å². The van der Waals surface area contributed by atoms with Crippen LogP contribution in [0.4, 0.5) is 5.82 Å². The lowest BCUT2D eigenvalue weighted by molar-refractivity contribution is 0.0769. The number of pyridine rings is 1. The molecule has 2 aromatic heterocycles. The Hall–Kier alpha value is -2.90. The second-order valence-corrected chi connectivity index (χ2v) is 6.52. The highest BCUT2D eigenvalue weighted by atomic mass is 16.5. The molecule has 3 heterocycles. The topological polar surface area (TPSA) is 91.4 Å². The van der Waals surface area contributed by atoms with E-state index in [1.54, 1.807) is 36.4 Å². The average molecular weight is 371 g/mol. The SMILES string of the molecule is CCN(CC)c1nccnc1OC1CCN(C(=O)c2ccc(C)[nH]c2=O)C1. The molecule has 0 aromatic carbocycles. The van der Waals surface area contributed by atoms with Gasteiger partial charge in [-0.2, -0.15) is 0 Å². The molecule has 2 aromatic rings. The van der Waals surface area contributed by atoms with Gasteiger partial charge in [0.2, 0.25) is 0 Å². The first-order valence-corrected chi connectivity index (χ1v) is 9.25. The first-order chi connectivity index (χ1) is 13.0. The van der Waals surface area contributed by atoms with Gasteiger partial charge in [0.15, 0.2) is 5.82 Å². The molecule has 1 aliphatic rings. The normalized spacial score (nSPS) is 16.4. The quantitative estimate of drug-likeness (QED) is 0.830. The van der Waals surface area contributed by atoms with Gasteiger partial charge in [-0.15, -0.1) is 0 Å². The molecule has 27 heavy (non-hydrogen) atoms. The predicted octanol–water partition coefficient (Wildman–Crippen LogP) is 1.61. The van der Waals surface area contributed by atoms with Gasteiger partial charge in [-0.05, 0) is 32.9 Å². The number of carbonyl (C=O) groups excluding carboxylic acids is 1. The van der Waals surface area contributed by atoms with E-state index in [4.69, 9.17) is 4.74 Å². The van der Waals surface area contributed by atoms with E-state index in [1.165, 1.54) is 0 Å². The number of hydrogen-bond acceptors (Lipinski definition) is 6. The highest BCUT2D eigenvalue weighted by Crippen LogP contribution is 2.25. The molecule has 8 nitrogen and oxygen atoms in total. The van der Waals surface area contributed by atoms with Crippen LogP contribution in [0.15, 0.2) is 29.3 Å². The Kier molecular flexibility index (Phi) is 5.73. The van der Waals surface area contributed by atoms with Gasteiger partial charge in [0.1, 0.15) is 11.7 Å². The monoisotopic (exact) mass is 371 g/mol. The van der Waals surface area contributed by atoms with Gasteiger partial charge in [0, 0.05) is 44.1 Å². The summed E-state index contributed by atoms with van der Waals surface area (Å²) in [6.45, 7) is 8.45. The van der Waals surface area contributed by atoms with Crippen LogP contribution in [0.2, 0.25) is 0 Å². The number of carbonyl (C=O) groups is 1. The molecule has 0 radical (unpaired) electrons. The van der Waals surface area contributed by atoms with Crippen LogP contribution in [0, 0.1) is 6.92 Å². The molecular weight excluding hydrogens is 346 g/mol. The number of amides is 1. The molecule has 144 valence electrons. The van der Waals surface area contributed by atoms with Crippen molar-refractivity contribution in [2.75, 3.05) is 31.1 Å². The van der Waals surface area contributed by atoms with Crippen molar-refractivity contribution in [3.05, 3.63) is 46.1 Å². The van der Waals surface area contributed by atoms with E-state index in [9.17, 15) is 9.59 Å². The van der Waals surface area contributed by atoms with E-state index in [-0.39, 0.29) is 23.1 Å². The molecule has 1 N–H and O–H groups in total. The summed E-state index contributed by atoms with van der Waals surface area (Å²) >= 11 is 0. The number of aromatic amines is 1. The fourth-order valence-electron chi connectivity index (χ4n) is 3.22. The third-order valence-electron chi connectivity index (χ3n) is 4.71. The Labute approximate surface area is 158 Å². The molecule has 1 fully saturated rings. The van der Waals surface area contributed by atoms with E-state index in [0.29, 0.717) is 31.2 Å². The van der Waals surface area contributed by atoms with Crippen LogP contribution in [0.5, 0.6) is 5.88 Å². The smallest absolute Gasteiger partial charge is 0.260 e. The fourth-order valence-corrected chi connectivity index (χ4v) is 3.22. The Morgan fingerprint density at radius 2 is 2.04 bits per heavy atom. The van der Waals surface area contributed by atoms with Crippen molar-refractivity contribution in [2.24, 2.45) is 0 Å². The van der Waals surface area contributed by atoms with Crippen molar-refractivity contribution in [1.29, 1.82) is 0 Å². The van der Waals surface area contributed by atoms with Crippen LogP contribution >= 0.6 is 0 Å². The average Bonchev–Trinajstić information content (AvgIpc) is 3.12. The molecule has 0 spiro atoms.